The molecule has 0 radical (unpaired) electrons. The van der Waals surface area contributed by atoms with Gasteiger partial charge in [-0.25, -0.2) is 4.79 Å². The van der Waals surface area contributed by atoms with Crippen molar-refractivity contribution < 1.29 is 14.3 Å². The van der Waals surface area contributed by atoms with Crippen LogP contribution in [0.2, 0.25) is 0 Å². The Morgan fingerprint density at radius 3 is 2.67 bits per heavy atom. The Bertz CT molecular complexity index is 813. The first-order valence-electron chi connectivity index (χ1n) is 10.6. The molecule has 1 heterocycles. The van der Waals surface area contributed by atoms with Crippen molar-refractivity contribution in [1.82, 2.24) is 15.1 Å². The second-order valence-electron chi connectivity index (χ2n) is 7.89. The van der Waals surface area contributed by atoms with E-state index < -0.39 is 0 Å². The molecule has 3 rings (SSSR count). The molecule has 2 aromatic rings. The molecule has 0 unspecified atom stereocenters. The second kappa shape index (κ2) is 11.0. The lowest BCUT2D eigenvalue weighted by molar-refractivity contribution is 0.157. The van der Waals surface area contributed by atoms with Gasteiger partial charge in [-0.15, -0.1) is 0 Å². The summed E-state index contributed by atoms with van der Waals surface area (Å²) in [7, 11) is 3.82. The Hall–Kier alpha value is -2.57. The Labute approximate surface area is 179 Å². The normalized spacial score (nSPS) is 16.2. The number of hydrogen-bond donors (Lipinski definition) is 1. The van der Waals surface area contributed by atoms with Crippen LogP contribution in [0.25, 0.3) is 0 Å². The second-order valence-corrected chi connectivity index (χ2v) is 7.89. The number of carbonyl (C=O) groups is 1. The number of aryl methyl sites for hydroxylation is 1. The highest BCUT2D eigenvalue weighted by Crippen LogP contribution is 2.24. The summed E-state index contributed by atoms with van der Waals surface area (Å²) < 4.78 is 11.1. The first kappa shape index (κ1) is 22.1. The lowest BCUT2D eigenvalue weighted by Gasteiger charge is -2.18. The van der Waals surface area contributed by atoms with E-state index in [-0.39, 0.29) is 12.1 Å². The first-order chi connectivity index (χ1) is 14.6. The Balaban J connectivity index is 1.47. The van der Waals surface area contributed by atoms with Crippen LogP contribution in [-0.2, 0) is 11.3 Å². The van der Waals surface area contributed by atoms with Gasteiger partial charge < -0.3 is 24.6 Å². The molecule has 0 spiro atoms. The van der Waals surface area contributed by atoms with Crippen LogP contribution in [-0.4, -0.2) is 62.8 Å². The maximum absolute atomic E-state index is 12.4. The molecule has 0 aliphatic carbocycles. The van der Waals surface area contributed by atoms with E-state index in [1.54, 1.807) is 7.11 Å². The predicted molar refractivity (Wildman–Crippen MR) is 119 cm³/mol. The molecule has 1 aliphatic heterocycles. The number of benzene rings is 2. The summed E-state index contributed by atoms with van der Waals surface area (Å²) >= 11 is 0. The van der Waals surface area contributed by atoms with Gasteiger partial charge in [0.25, 0.3) is 0 Å². The van der Waals surface area contributed by atoms with Crippen molar-refractivity contribution in [1.29, 1.82) is 0 Å². The summed E-state index contributed by atoms with van der Waals surface area (Å²) in [5, 5.41) is 3.07. The zero-order chi connectivity index (χ0) is 21.3. The zero-order valence-electron chi connectivity index (χ0n) is 18.3. The molecule has 1 atom stereocenters. The minimum absolute atomic E-state index is 0.0144. The number of nitrogens with one attached hydrogen (secondary N) is 1. The molecule has 1 fully saturated rings. The van der Waals surface area contributed by atoms with Gasteiger partial charge in [0.05, 0.1) is 19.3 Å². The Kier molecular flexibility index (Phi) is 8.11. The molecule has 0 saturated carbocycles. The monoisotopic (exact) mass is 411 g/mol. The highest BCUT2D eigenvalue weighted by molar-refractivity contribution is 5.77. The third kappa shape index (κ3) is 6.21. The molecule has 6 nitrogen and oxygen atoms in total. The lowest BCUT2D eigenvalue weighted by atomic mass is 10.1. The highest BCUT2D eigenvalue weighted by atomic mass is 16.5. The summed E-state index contributed by atoms with van der Waals surface area (Å²) in [5.41, 5.74) is 3.35. The SMILES string of the molecule is COCCN(C)CCCOc1ccc(CN2C[C@H](c3ccccc3)NC2=O)cc1C. The molecule has 30 heavy (non-hydrogen) atoms. The van der Waals surface area contributed by atoms with E-state index >= 15 is 0 Å². The highest BCUT2D eigenvalue weighted by Gasteiger charge is 2.29. The standard InChI is InChI=1S/C24H33N3O3/c1-19-16-20(10-11-23(19)30-14-7-12-26(2)13-15-29-3)17-27-18-22(25-24(27)28)21-8-5-4-6-9-21/h4-6,8-11,16,22H,7,12-15,17-18H2,1-3H3,(H,25,28)/t22-/m1/s1. The number of likely N-dealkylation sites (N-methyl/N-ethyl adjacent to an activating group) is 1. The van der Waals surface area contributed by atoms with Crippen LogP contribution in [0.1, 0.15) is 29.2 Å². The Morgan fingerprint density at radius 1 is 1.13 bits per heavy atom. The van der Waals surface area contributed by atoms with Crippen LogP contribution in [0.5, 0.6) is 5.75 Å². The van der Waals surface area contributed by atoms with E-state index in [1.165, 1.54) is 0 Å². The van der Waals surface area contributed by atoms with Crippen molar-refractivity contribution in [2.24, 2.45) is 0 Å². The van der Waals surface area contributed by atoms with E-state index in [9.17, 15) is 4.79 Å². The number of rotatable bonds is 11. The summed E-state index contributed by atoms with van der Waals surface area (Å²) in [6.45, 7) is 6.67. The zero-order valence-corrected chi connectivity index (χ0v) is 18.3. The number of hydrogen-bond acceptors (Lipinski definition) is 4. The summed E-state index contributed by atoms with van der Waals surface area (Å²) in [6, 6.07) is 16.3. The van der Waals surface area contributed by atoms with Gasteiger partial charge >= 0.3 is 6.03 Å². The minimum Gasteiger partial charge on any atom is -0.493 e. The number of ether oxygens (including phenoxy) is 2. The van der Waals surface area contributed by atoms with Gasteiger partial charge in [-0.3, -0.25) is 0 Å². The van der Waals surface area contributed by atoms with Crippen LogP contribution in [0, 0.1) is 6.92 Å². The quantitative estimate of drug-likeness (QED) is 0.574. The van der Waals surface area contributed by atoms with Crippen molar-refractivity contribution >= 4 is 6.03 Å². The molecule has 2 amide bonds. The van der Waals surface area contributed by atoms with Crippen LogP contribution >= 0.6 is 0 Å². The largest absolute Gasteiger partial charge is 0.493 e. The minimum atomic E-state index is -0.0144. The number of methoxy groups -OCH3 is 1. The first-order valence-corrected chi connectivity index (χ1v) is 10.6. The van der Waals surface area contributed by atoms with E-state index in [0.29, 0.717) is 19.7 Å². The van der Waals surface area contributed by atoms with E-state index in [4.69, 9.17) is 9.47 Å². The fourth-order valence-electron chi connectivity index (χ4n) is 3.67. The van der Waals surface area contributed by atoms with Gasteiger partial charge in [-0.2, -0.15) is 0 Å². The summed E-state index contributed by atoms with van der Waals surface area (Å²) in [4.78, 5) is 16.5. The molecule has 2 aromatic carbocycles. The van der Waals surface area contributed by atoms with Crippen LogP contribution in [0.4, 0.5) is 4.79 Å². The molecule has 0 bridgehead atoms. The maximum Gasteiger partial charge on any atom is 0.318 e. The molecular weight excluding hydrogens is 378 g/mol. The van der Waals surface area contributed by atoms with Crippen LogP contribution < -0.4 is 10.1 Å². The van der Waals surface area contributed by atoms with E-state index in [0.717, 1.165) is 48.6 Å². The third-order valence-corrected chi connectivity index (χ3v) is 5.42. The van der Waals surface area contributed by atoms with Crippen molar-refractivity contribution in [2.45, 2.75) is 25.9 Å². The van der Waals surface area contributed by atoms with Gasteiger partial charge in [0, 0.05) is 33.3 Å². The molecule has 6 heteroatoms. The van der Waals surface area contributed by atoms with Crippen LogP contribution in [0.3, 0.4) is 0 Å². The number of carbonyl (C=O) groups excluding carboxylic acids is 1. The van der Waals surface area contributed by atoms with Gasteiger partial charge in [-0.05, 0) is 43.1 Å². The molecule has 1 saturated heterocycles. The number of amides is 2. The molecule has 1 aliphatic rings. The van der Waals surface area contributed by atoms with Crippen molar-refractivity contribution in [3.05, 3.63) is 65.2 Å². The van der Waals surface area contributed by atoms with Gasteiger partial charge in [0.1, 0.15) is 5.75 Å². The molecule has 0 aromatic heterocycles. The number of nitrogens with zero attached hydrogens (tertiary/aromatic N) is 2. The van der Waals surface area contributed by atoms with Crippen molar-refractivity contribution in [3.8, 4) is 5.75 Å². The molecular formula is C24H33N3O3. The fraction of sp³-hybridized carbons (Fsp3) is 0.458. The maximum atomic E-state index is 12.4. The topological polar surface area (TPSA) is 54.0 Å². The van der Waals surface area contributed by atoms with Crippen LogP contribution in [0.15, 0.2) is 48.5 Å². The molecule has 1 N–H and O–H groups in total. The molecule has 162 valence electrons. The van der Waals surface area contributed by atoms with Gasteiger partial charge in [-0.1, -0.05) is 42.5 Å². The van der Waals surface area contributed by atoms with Gasteiger partial charge in [0.15, 0.2) is 0 Å². The lowest BCUT2D eigenvalue weighted by Crippen LogP contribution is -2.27. The van der Waals surface area contributed by atoms with Crippen molar-refractivity contribution in [2.75, 3.05) is 47.0 Å². The van der Waals surface area contributed by atoms with Gasteiger partial charge in [0.2, 0.25) is 0 Å². The fourth-order valence-corrected chi connectivity index (χ4v) is 3.67. The average Bonchev–Trinajstić information content (AvgIpc) is 3.12. The van der Waals surface area contributed by atoms with E-state index in [2.05, 4.69) is 48.5 Å². The Morgan fingerprint density at radius 2 is 1.93 bits per heavy atom. The summed E-state index contributed by atoms with van der Waals surface area (Å²) in [6.07, 6.45) is 0.968. The van der Waals surface area contributed by atoms with E-state index in [1.807, 2.05) is 29.2 Å². The van der Waals surface area contributed by atoms with Crippen molar-refractivity contribution in [3.63, 3.8) is 0 Å². The third-order valence-electron chi connectivity index (χ3n) is 5.42. The summed E-state index contributed by atoms with van der Waals surface area (Å²) in [5.74, 6) is 0.909. The average molecular weight is 412 g/mol. The number of urea groups is 1. The predicted octanol–water partition coefficient (Wildman–Crippen LogP) is 3.61. The smallest absolute Gasteiger partial charge is 0.318 e.